The predicted octanol–water partition coefficient (Wildman–Crippen LogP) is 3.53. The normalized spacial score (nSPS) is 16.6. The second-order valence-electron chi connectivity index (χ2n) is 6.79. The highest BCUT2D eigenvalue weighted by molar-refractivity contribution is 5.92. The van der Waals surface area contributed by atoms with Gasteiger partial charge in [-0.2, -0.15) is 0 Å². The van der Waals surface area contributed by atoms with Gasteiger partial charge in [0, 0.05) is 36.7 Å². The number of carbonyl (C=O) groups excluding carboxylic acids is 1. The Morgan fingerprint density at radius 2 is 1.82 bits per heavy atom. The van der Waals surface area contributed by atoms with Crippen LogP contribution in [0.5, 0.6) is 0 Å². The molecule has 4 rings (SSSR count). The first-order chi connectivity index (χ1) is 13.7. The van der Waals surface area contributed by atoms with Crippen LogP contribution in [-0.2, 0) is 4.79 Å². The van der Waals surface area contributed by atoms with Crippen LogP contribution in [0.2, 0.25) is 0 Å². The van der Waals surface area contributed by atoms with Crippen LogP contribution in [0.3, 0.4) is 0 Å². The van der Waals surface area contributed by atoms with Crippen molar-refractivity contribution in [1.82, 2.24) is 15.2 Å². The van der Waals surface area contributed by atoms with Gasteiger partial charge in [0.1, 0.15) is 5.82 Å². The molecule has 0 radical (unpaired) electrons. The van der Waals surface area contributed by atoms with E-state index in [1.807, 2.05) is 12.1 Å². The van der Waals surface area contributed by atoms with E-state index in [0.29, 0.717) is 12.2 Å². The molecule has 0 unspecified atom stereocenters. The summed E-state index contributed by atoms with van der Waals surface area (Å²) in [7, 11) is 0. The number of hydrogen-bond acceptors (Lipinski definition) is 5. The Kier molecular flexibility index (Phi) is 5.23. The van der Waals surface area contributed by atoms with E-state index in [9.17, 15) is 9.18 Å². The van der Waals surface area contributed by atoms with Crippen LogP contribution in [0.4, 0.5) is 15.9 Å². The molecule has 1 aromatic carbocycles. The molecule has 2 aromatic heterocycles. The molecule has 1 amide bonds. The highest BCUT2D eigenvalue weighted by Crippen LogP contribution is 2.24. The zero-order valence-electron chi connectivity index (χ0n) is 15.3. The quantitative estimate of drug-likeness (QED) is 0.753. The number of benzene rings is 1. The topological polar surface area (TPSA) is 71.0 Å². The van der Waals surface area contributed by atoms with Crippen LogP contribution in [0.25, 0.3) is 11.3 Å². The molecule has 0 bridgehead atoms. The van der Waals surface area contributed by atoms with Crippen molar-refractivity contribution in [2.75, 3.05) is 23.3 Å². The van der Waals surface area contributed by atoms with Gasteiger partial charge in [0.25, 0.3) is 0 Å². The van der Waals surface area contributed by atoms with Crippen molar-refractivity contribution >= 4 is 17.4 Å². The largest absolute Gasteiger partial charge is 0.354 e. The van der Waals surface area contributed by atoms with Gasteiger partial charge in [0.2, 0.25) is 5.91 Å². The number of anilines is 2. The molecular weight excluding hydrogens is 357 g/mol. The van der Waals surface area contributed by atoms with Crippen LogP contribution < -0.4 is 10.2 Å². The Labute approximate surface area is 162 Å². The number of pyridine rings is 1. The summed E-state index contributed by atoms with van der Waals surface area (Å²) >= 11 is 0. The van der Waals surface area contributed by atoms with Crippen molar-refractivity contribution < 1.29 is 9.18 Å². The summed E-state index contributed by atoms with van der Waals surface area (Å²) in [4.78, 5) is 18.6. The number of nitrogens with zero attached hydrogens (tertiary/aromatic N) is 4. The lowest BCUT2D eigenvalue weighted by atomic mass is 9.97. The van der Waals surface area contributed by atoms with Crippen molar-refractivity contribution in [3.63, 3.8) is 0 Å². The summed E-state index contributed by atoms with van der Waals surface area (Å²) in [6, 6.07) is 13.5. The number of piperidine rings is 1. The van der Waals surface area contributed by atoms with Gasteiger partial charge in [-0.15, -0.1) is 10.2 Å². The van der Waals surface area contributed by atoms with E-state index in [0.717, 1.165) is 36.5 Å². The van der Waals surface area contributed by atoms with Crippen molar-refractivity contribution in [3.8, 4) is 11.3 Å². The summed E-state index contributed by atoms with van der Waals surface area (Å²) in [5, 5.41) is 11.5. The molecule has 7 heteroatoms. The van der Waals surface area contributed by atoms with Gasteiger partial charge >= 0.3 is 0 Å². The fourth-order valence-electron chi connectivity index (χ4n) is 3.35. The fourth-order valence-corrected chi connectivity index (χ4v) is 3.35. The third kappa shape index (κ3) is 4.14. The molecular formula is C21H20FN5O. The summed E-state index contributed by atoms with van der Waals surface area (Å²) in [5.74, 6) is 0.359. The molecule has 3 aromatic rings. The van der Waals surface area contributed by atoms with E-state index in [2.05, 4.69) is 25.4 Å². The van der Waals surface area contributed by atoms with Gasteiger partial charge in [-0.3, -0.25) is 9.78 Å². The molecule has 142 valence electrons. The van der Waals surface area contributed by atoms with Gasteiger partial charge in [0.15, 0.2) is 5.82 Å². The van der Waals surface area contributed by atoms with Crippen LogP contribution >= 0.6 is 0 Å². The average Bonchev–Trinajstić information content (AvgIpc) is 2.75. The van der Waals surface area contributed by atoms with Gasteiger partial charge in [-0.1, -0.05) is 0 Å². The molecule has 0 aliphatic carbocycles. The Bertz CT molecular complexity index is 931. The summed E-state index contributed by atoms with van der Waals surface area (Å²) in [6.45, 7) is 1.44. The first-order valence-electron chi connectivity index (χ1n) is 9.24. The zero-order valence-corrected chi connectivity index (χ0v) is 15.3. The van der Waals surface area contributed by atoms with Gasteiger partial charge in [0.05, 0.1) is 11.6 Å². The van der Waals surface area contributed by atoms with E-state index in [1.165, 1.54) is 12.1 Å². The molecule has 1 fully saturated rings. The monoisotopic (exact) mass is 377 g/mol. The van der Waals surface area contributed by atoms with Crippen molar-refractivity contribution in [3.05, 3.63) is 66.7 Å². The second kappa shape index (κ2) is 8.12. The van der Waals surface area contributed by atoms with Crippen LogP contribution in [-0.4, -0.2) is 34.2 Å². The lowest BCUT2D eigenvalue weighted by molar-refractivity contribution is -0.120. The smallest absolute Gasteiger partial charge is 0.229 e. The summed E-state index contributed by atoms with van der Waals surface area (Å²) in [5.41, 5.74) is 2.25. The van der Waals surface area contributed by atoms with Crippen molar-refractivity contribution in [2.24, 2.45) is 5.92 Å². The number of carbonyl (C=O) groups is 1. The molecule has 1 N–H and O–H groups in total. The lowest BCUT2D eigenvalue weighted by Gasteiger charge is -2.32. The van der Waals surface area contributed by atoms with E-state index in [1.54, 1.807) is 36.7 Å². The number of halogens is 1. The highest BCUT2D eigenvalue weighted by atomic mass is 19.1. The SMILES string of the molecule is O=C(Nc1ccncc1)[C@@H]1CCCN(c2ccc(-c3ccc(F)cc3)nn2)C1. The molecule has 0 spiro atoms. The number of aromatic nitrogens is 3. The van der Waals surface area contributed by atoms with Crippen molar-refractivity contribution in [2.45, 2.75) is 12.8 Å². The van der Waals surface area contributed by atoms with Crippen molar-refractivity contribution in [1.29, 1.82) is 0 Å². The highest BCUT2D eigenvalue weighted by Gasteiger charge is 2.26. The third-order valence-corrected chi connectivity index (χ3v) is 4.85. The summed E-state index contributed by atoms with van der Waals surface area (Å²) in [6.07, 6.45) is 5.06. The Balaban J connectivity index is 1.42. The van der Waals surface area contributed by atoms with Crippen LogP contribution in [0, 0.1) is 11.7 Å². The van der Waals surface area contributed by atoms with Crippen LogP contribution in [0.1, 0.15) is 12.8 Å². The first kappa shape index (κ1) is 18.0. The molecule has 1 atom stereocenters. The molecule has 1 aliphatic heterocycles. The van der Waals surface area contributed by atoms with E-state index in [4.69, 9.17) is 0 Å². The minimum atomic E-state index is -0.280. The van der Waals surface area contributed by atoms with E-state index >= 15 is 0 Å². The Morgan fingerprint density at radius 1 is 1.04 bits per heavy atom. The molecule has 0 saturated carbocycles. The minimum absolute atomic E-state index is 0.00629. The summed E-state index contributed by atoms with van der Waals surface area (Å²) < 4.78 is 13.1. The average molecular weight is 377 g/mol. The number of rotatable bonds is 4. The molecule has 6 nitrogen and oxygen atoms in total. The van der Waals surface area contributed by atoms with E-state index in [-0.39, 0.29) is 17.6 Å². The Hall–Kier alpha value is -3.35. The maximum atomic E-state index is 13.1. The number of nitrogens with one attached hydrogen (secondary N) is 1. The van der Waals surface area contributed by atoms with Crippen LogP contribution in [0.15, 0.2) is 60.9 Å². The van der Waals surface area contributed by atoms with Gasteiger partial charge in [-0.25, -0.2) is 4.39 Å². The number of amides is 1. The second-order valence-corrected chi connectivity index (χ2v) is 6.79. The standard InChI is InChI=1S/C21H20FN5O/c22-17-5-3-15(4-6-17)19-7-8-20(26-25-19)27-13-1-2-16(14-27)21(28)24-18-9-11-23-12-10-18/h3-12,16H,1-2,13-14H2,(H,23,24,28)/t16-/m1/s1. The third-order valence-electron chi connectivity index (χ3n) is 4.85. The minimum Gasteiger partial charge on any atom is -0.354 e. The predicted molar refractivity (Wildman–Crippen MR) is 105 cm³/mol. The molecule has 1 aliphatic rings. The van der Waals surface area contributed by atoms with Gasteiger partial charge in [-0.05, 0) is 61.4 Å². The maximum absolute atomic E-state index is 13.1. The lowest BCUT2D eigenvalue weighted by Crippen LogP contribution is -2.41. The molecule has 3 heterocycles. The maximum Gasteiger partial charge on any atom is 0.229 e. The zero-order chi connectivity index (χ0) is 19.3. The molecule has 28 heavy (non-hydrogen) atoms. The fraction of sp³-hybridized carbons (Fsp3) is 0.238. The first-order valence-corrected chi connectivity index (χ1v) is 9.24. The van der Waals surface area contributed by atoms with Gasteiger partial charge < -0.3 is 10.2 Å². The Morgan fingerprint density at radius 3 is 2.54 bits per heavy atom. The molecule has 1 saturated heterocycles. The van der Waals surface area contributed by atoms with E-state index < -0.39 is 0 Å². The number of hydrogen-bond donors (Lipinski definition) is 1.